The molecule has 30 heavy (non-hydrogen) atoms. The van der Waals surface area contributed by atoms with Gasteiger partial charge in [-0.3, -0.25) is 9.59 Å². The van der Waals surface area contributed by atoms with Crippen molar-refractivity contribution in [1.29, 1.82) is 0 Å². The summed E-state index contributed by atoms with van der Waals surface area (Å²) in [7, 11) is 0. The van der Waals surface area contributed by atoms with Crippen molar-refractivity contribution >= 4 is 23.2 Å². The Morgan fingerprint density at radius 2 is 2.00 bits per heavy atom. The predicted octanol–water partition coefficient (Wildman–Crippen LogP) is 3.96. The lowest BCUT2D eigenvalue weighted by Gasteiger charge is -2.21. The highest BCUT2D eigenvalue weighted by atomic mass is 19.1. The van der Waals surface area contributed by atoms with Gasteiger partial charge >= 0.3 is 0 Å². The third-order valence-electron chi connectivity index (χ3n) is 5.06. The lowest BCUT2D eigenvalue weighted by molar-refractivity contribution is -0.117. The van der Waals surface area contributed by atoms with Crippen molar-refractivity contribution in [1.82, 2.24) is 10.1 Å². The number of hydrogen-bond acceptors (Lipinski definition) is 5. The highest BCUT2D eigenvalue weighted by Crippen LogP contribution is 2.27. The maximum Gasteiger partial charge on any atom is 0.227 e. The van der Waals surface area contributed by atoms with Crippen LogP contribution in [0.25, 0.3) is 11.4 Å². The van der Waals surface area contributed by atoms with Crippen LogP contribution in [0.2, 0.25) is 0 Å². The maximum atomic E-state index is 13.8. The molecule has 0 spiro atoms. The minimum atomic E-state index is -0.434. The largest absolute Gasteiger partial charge is 0.339 e. The van der Waals surface area contributed by atoms with Crippen LogP contribution in [0.15, 0.2) is 53.1 Å². The van der Waals surface area contributed by atoms with Gasteiger partial charge in [0.1, 0.15) is 5.82 Å². The van der Waals surface area contributed by atoms with E-state index < -0.39 is 5.82 Å². The summed E-state index contributed by atoms with van der Waals surface area (Å²) in [5, 5.41) is 6.59. The number of aryl methyl sites for hydroxylation is 1. The molecule has 1 unspecified atom stereocenters. The predicted molar refractivity (Wildman–Crippen MR) is 109 cm³/mol. The molecule has 1 aliphatic rings. The number of benzene rings is 2. The summed E-state index contributed by atoms with van der Waals surface area (Å²) in [6, 6.07) is 13.5. The van der Waals surface area contributed by atoms with Crippen LogP contribution in [0.3, 0.4) is 0 Å². The molecule has 3 aromatic rings. The fourth-order valence-corrected chi connectivity index (χ4v) is 3.48. The van der Waals surface area contributed by atoms with Crippen molar-refractivity contribution in [2.24, 2.45) is 0 Å². The van der Waals surface area contributed by atoms with Crippen LogP contribution in [-0.4, -0.2) is 28.0 Å². The molecule has 0 radical (unpaired) electrons. The molecule has 1 fully saturated rings. The Morgan fingerprint density at radius 3 is 2.70 bits per heavy atom. The van der Waals surface area contributed by atoms with Crippen LogP contribution in [0, 0.1) is 5.82 Å². The Labute approximate surface area is 172 Å². The van der Waals surface area contributed by atoms with E-state index in [9.17, 15) is 14.0 Å². The third-order valence-corrected chi connectivity index (χ3v) is 5.06. The monoisotopic (exact) mass is 408 g/mol. The Bertz CT molecular complexity index is 1060. The first-order valence-corrected chi connectivity index (χ1v) is 9.81. The number of nitrogens with one attached hydrogen (secondary N) is 1. The second kappa shape index (κ2) is 8.44. The molecule has 7 nitrogen and oxygen atoms in total. The van der Waals surface area contributed by atoms with E-state index in [0.29, 0.717) is 12.1 Å². The highest BCUT2D eigenvalue weighted by Gasteiger charge is 2.28. The first-order chi connectivity index (χ1) is 14.5. The molecule has 0 saturated carbocycles. The second-order valence-corrected chi connectivity index (χ2v) is 7.24. The fourth-order valence-electron chi connectivity index (χ4n) is 3.48. The van der Waals surface area contributed by atoms with Gasteiger partial charge in [0.05, 0.1) is 5.56 Å². The summed E-state index contributed by atoms with van der Waals surface area (Å²) in [6.45, 7) is 2.02. The van der Waals surface area contributed by atoms with Crippen LogP contribution in [0.5, 0.6) is 0 Å². The Morgan fingerprint density at radius 1 is 1.23 bits per heavy atom. The van der Waals surface area contributed by atoms with Crippen molar-refractivity contribution in [3.63, 3.8) is 0 Å². The molecular formula is C22H21FN4O3. The molecule has 4 rings (SSSR count). The number of anilines is 2. The van der Waals surface area contributed by atoms with Crippen molar-refractivity contribution < 1.29 is 18.5 Å². The van der Waals surface area contributed by atoms with E-state index in [1.54, 1.807) is 35.2 Å². The van der Waals surface area contributed by atoms with E-state index in [4.69, 9.17) is 4.52 Å². The van der Waals surface area contributed by atoms with E-state index in [2.05, 4.69) is 15.5 Å². The molecule has 2 heterocycles. The summed E-state index contributed by atoms with van der Waals surface area (Å²) in [5.74, 6) is -0.103. The first kappa shape index (κ1) is 19.8. The molecule has 1 aliphatic heterocycles. The average molecular weight is 408 g/mol. The van der Waals surface area contributed by atoms with E-state index >= 15 is 0 Å². The zero-order valence-electron chi connectivity index (χ0n) is 16.5. The molecular weight excluding hydrogens is 387 g/mol. The van der Waals surface area contributed by atoms with Crippen LogP contribution in [0.4, 0.5) is 15.8 Å². The minimum absolute atomic E-state index is 0.119. The van der Waals surface area contributed by atoms with Gasteiger partial charge in [0.15, 0.2) is 0 Å². The number of nitrogens with zero attached hydrogens (tertiary/aromatic N) is 3. The standard InChI is InChI=1S/C22H21FN4O3/c1-14-6-13-21(29)27(14)16-9-7-15(8-10-16)24-19(28)11-12-20-25-22(26-30-20)17-4-2-3-5-18(17)23/h2-5,7-10,14H,6,11-13H2,1H3,(H,24,28). The van der Waals surface area contributed by atoms with Gasteiger partial charge in [-0.1, -0.05) is 17.3 Å². The molecule has 2 aromatic carbocycles. The molecule has 154 valence electrons. The maximum absolute atomic E-state index is 13.8. The van der Waals surface area contributed by atoms with Crippen LogP contribution >= 0.6 is 0 Å². The average Bonchev–Trinajstić information content (AvgIpc) is 3.34. The molecule has 8 heteroatoms. The number of aromatic nitrogens is 2. The number of hydrogen-bond donors (Lipinski definition) is 1. The molecule has 2 amide bonds. The number of carbonyl (C=O) groups is 2. The Balaban J connectivity index is 1.32. The molecule has 1 aromatic heterocycles. The van der Waals surface area contributed by atoms with E-state index in [0.717, 1.165) is 12.1 Å². The number of carbonyl (C=O) groups excluding carboxylic acids is 2. The smallest absolute Gasteiger partial charge is 0.227 e. The number of amides is 2. The van der Waals surface area contributed by atoms with E-state index in [1.807, 2.05) is 19.1 Å². The lowest BCUT2D eigenvalue weighted by Crippen LogP contribution is -2.30. The summed E-state index contributed by atoms with van der Waals surface area (Å²) in [4.78, 5) is 30.2. The van der Waals surface area contributed by atoms with Crippen LogP contribution in [-0.2, 0) is 16.0 Å². The number of rotatable bonds is 6. The van der Waals surface area contributed by atoms with Gasteiger partial charge in [-0.15, -0.1) is 0 Å². The summed E-state index contributed by atoms with van der Waals surface area (Å²) in [5.41, 5.74) is 1.72. The van der Waals surface area contributed by atoms with Gasteiger partial charge < -0.3 is 14.7 Å². The molecule has 1 saturated heterocycles. The summed E-state index contributed by atoms with van der Waals surface area (Å²) in [6.07, 6.45) is 1.80. The van der Waals surface area contributed by atoms with Gasteiger partial charge in [0, 0.05) is 36.7 Å². The third kappa shape index (κ3) is 4.22. The Hall–Kier alpha value is -3.55. The minimum Gasteiger partial charge on any atom is -0.339 e. The zero-order valence-corrected chi connectivity index (χ0v) is 16.5. The molecule has 1 N–H and O–H groups in total. The summed E-state index contributed by atoms with van der Waals surface area (Å²) < 4.78 is 18.9. The normalized spacial score (nSPS) is 16.1. The second-order valence-electron chi connectivity index (χ2n) is 7.24. The highest BCUT2D eigenvalue weighted by molar-refractivity contribution is 5.96. The topological polar surface area (TPSA) is 88.3 Å². The Kier molecular flexibility index (Phi) is 5.56. The van der Waals surface area contributed by atoms with Gasteiger partial charge in [0.2, 0.25) is 23.5 Å². The zero-order chi connectivity index (χ0) is 21.1. The summed E-state index contributed by atoms with van der Waals surface area (Å²) >= 11 is 0. The molecule has 0 bridgehead atoms. The van der Waals surface area contributed by atoms with Gasteiger partial charge in [0.25, 0.3) is 0 Å². The quantitative estimate of drug-likeness (QED) is 0.667. The van der Waals surface area contributed by atoms with Gasteiger partial charge in [-0.25, -0.2) is 4.39 Å². The molecule has 1 atom stereocenters. The SMILES string of the molecule is CC1CCC(=O)N1c1ccc(NC(=O)CCc2nc(-c3ccccc3F)no2)cc1. The van der Waals surface area contributed by atoms with Crippen molar-refractivity contribution in [3.8, 4) is 11.4 Å². The van der Waals surface area contributed by atoms with E-state index in [1.165, 1.54) is 6.07 Å². The number of halogens is 1. The van der Waals surface area contributed by atoms with Crippen molar-refractivity contribution in [2.75, 3.05) is 10.2 Å². The van der Waals surface area contributed by atoms with Crippen molar-refractivity contribution in [3.05, 3.63) is 60.2 Å². The van der Waals surface area contributed by atoms with Gasteiger partial charge in [-0.2, -0.15) is 4.98 Å². The fraction of sp³-hybridized carbons (Fsp3) is 0.273. The molecule has 0 aliphatic carbocycles. The van der Waals surface area contributed by atoms with Crippen molar-refractivity contribution in [2.45, 2.75) is 38.6 Å². The van der Waals surface area contributed by atoms with Crippen LogP contribution in [0.1, 0.15) is 32.1 Å². The van der Waals surface area contributed by atoms with Crippen LogP contribution < -0.4 is 10.2 Å². The van der Waals surface area contributed by atoms with E-state index in [-0.39, 0.29) is 48.0 Å². The first-order valence-electron chi connectivity index (χ1n) is 9.81. The van der Waals surface area contributed by atoms with Gasteiger partial charge in [-0.05, 0) is 49.7 Å². The lowest BCUT2D eigenvalue weighted by atomic mass is 10.2.